The van der Waals surface area contributed by atoms with Crippen LogP contribution < -0.4 is 9.80 Å². The Kier molecular flexibility index (Phi) is 7.72. The molecule has 0 spiro atoms. The Hall–Kier alpha value is -3.49. The summed E-state index contributed by atoms with van der Waals surface area (Å²) in [7, 11) is 1.79. The Bertz CT molecular complexity index is 1160. The molecule has 0 aliphatic carbocycles. The molecule has 0 N–H and O–H groups in total. The van der Waals surface area contributed by atoms with E-state index in [0.717, 1.165) is 30.0 Å². The lowest BCUT2D eigenvalue weighted by Gasteiger charge is -2.31. The number of rotatable bonds is 7. The molecule has 1 fully saturated rings. The number of nitrogens with zero attached hydrogens (tertiary/aromatic N) is 4. The lowest BCUT2D eigenvalue weighted by atomic mass is 10.1. The summed E-state index contributed by atoms with van der Waals surface area (Å²) in [6, 6.07) is 17.6. The van der Waals surface area contributed by atoms with E-state index in [-0.39, 0.29) is 11.8 Å². The molecule has 1 aliphatic heterocycles. The lowest BCUT2D eigenvalue weighted by Crippen LogP contribution is -2.37. The van der Waals surface area contributed by atoms with Crippen LogP contribution in [0.4, 0.5) is 16.5 Å². The summed E-state index contributed by atoms with van der Waals surface area (Å²) in [5.41, 5.74) is 3.64. The number of likely N-dealkylation sites (N-methyl/N-ethyl adjacent to an activating group) is 1. The maximum Gasteiger partial charge on any atom is 0.246 e. The molecule has 176 valence electrons. The molecule has 7 nitrogen and oxygen atoms in total. The molecule has 8 heteroatoms. The van der Waals surface area contributed by atoms with Crippen LogP contribution in [0.15, 0.2) is 66.1 Å². The molecule has 0 bridgehead atoms. The predicted molar refractivity (Wildman–Crippen MR) is 136 cm³/mol. The highest BCUT2D eigenvalue weighted by Gasteiger charge is 2.18. The molecule has 2 aromatic carbocycles. The van der Waals surface area contributed by atoms with Gasteiger partial charge in [-0.3, -0.25) is 14.5 Å². The Labute approximate surface area is 203 Å². The van der Waals surface area contributed by atoms with Gasteiger partial charge in [-0.25, -0.2) is 4.98 Å². The number of thiazole rings is 1. The van der Waals surface area contributed by atoms with Gasteiger partial charge in [0.25, 0.3) is 0 Å². The van der Waals surface area contributed by atoms with Crippen LogP contribution in [0.25, 0.3) is 6.08 Å². The van der Waals surface area contributed by atoms with Crippen LogP contribution in [-0.4, -0.2) is 55.0 Å². The van der Waals surface area contributed by atoms with Crippen LogP contribution in [0, 0.1) is 0 Å². The van der Waals surface area contributed by atoms with E-state index in [0.29, 0.717) is 30.6 Å². The monoisotopic (exact) mass is 476 g/mol. The Balaban J connectivity index is 1.43. The van der Waals surface area contributed by atoms with Gasteiger partial charge in [0.15, 0.2) is 5.13 Å². The fourth-order valence-electron chi connectivity index (χ4n) is 3.83. The van der Waals surface area contributed by atoms with Crippen LogP contribution >= 0.6 is 11.3 Å². The van der Waals surface area contributed by atoms with Gasteiger partial charge in [-0.15, -0.1) is 11.3 Å². The van der Waals surface area contributed by atoms with Crippen LogP contribution in [0.2, 0.25) is 0 Å². The number of hydrogen-bond donors (Lipinski definition) is 0. The number of para-hydroxylation sites is 2. The Morgan fingerprint density at radius 3 is 2.53 bits per heavy atom. The van der Waals surface area contributed by atoms with Crippen molar-refractivity contribution in [2.75, 3.05) is 43.2 Å². The number of hydrogen-bond acceptors (Lipinski definition) is 6. The molecule has 0 atom stereocenters. The van der Waals surface area contributed by atoms with Gasteiger partial charge in [-0.05, 0) is 29.8 Å². The minimum Gasteiger partial charge on any atom is -0.378 e. The second-order valence-electron chi connectivity index (χ2n) is 8.00. The molecule has 2 heterocycles. The zero-order valence-electron chi connectivity index (χ0n) is 19.4. The zero-order valence-corrected chi connectivity index (χ0v) is 20.2. The van der Waals surface area contributed by atoms with Crippen molar-refractivity contribution >= 4 is 45.7 Å². The van der Waals surface area contributed by atoms with Gasteiger partial charge in [0.05, 0.1) is 24.6 Å². The summed E-state index contributed by atoms with van der Waals surface area (Å²) in [6.45, 7) is 5.14. The van der Waals surface area contributed by atoms with E-state index in [9.17, 15) is 9.59 Å². The van der Waals surface area contributed by atoms with Gasteiger partial charge in [0.1, 0.15) is 0 Å². The smallest absolute Gasteiger partial charge is 0.246 e. The van der Waals surface area contributed by atoms with Gasteiger partial charge in [-0.1, -0.05) is 36.4 Å². The Morgan fingerprint density at radius 1 is 1.09 bits per heavy atom. The van der Waals surface area contributed by atoms with E-state index in [2.05, 4.69) is 22.0 Å². The third kappa shape index (κ3) is 5.70. The van der Waals surface area contributed by atoms with Crippen molar-refractivity contribution in [3.8, 4) is 0 Å². The number of morpholine rings is 1. The van der Waals surface area contributed by atoms with Gasteiger partial charge in [-0.2, -0.15) is 0 Å². The van der Waals surface area contributed by atoms with E-state index in [1.807, 2.05) is 47.8 Å². The SMILES string of the molecule is CC(=O)N(c1ccccc1)c1nc(/C=C/C(=O)N(C)Cc2ccccc2N2CCOCC2)cs1. The number of amides is 2. The molecule has 4 rings (SSSR count). The molecular weight excluding hydrogens is 448 g/mol. The van der Waals surface area contributed by atoms with E-state index in [1.54, 1.807) is 22.9 Å². The first kappa shape index (κ1) is 23.7. The summed E-state index contributed by atoms with van der Waals surface area (Å²) >= 11 is 1.36. The molecule has 0 radical (unpaired) electrons. The molecule has 0 unspecified atom stereocenters. The second-order valence-corrected chi connectivity index (χ2v) is 8.84. The number of carbonyl (C=O) groups excluding carboxylic acids is 2. The maximum atomic E-state index is 12.8. The first-order chi connectivity index (χ1) is 16.5. The summed E-state index contributed by atoms with van der Waals surface area (Å²) < 4.78 is 5.47. The predicted octanol–water partition coefficient (Wildman–Crippen LogP) is 4.34. The number of carbonyl (C=O) groups is 2. The zero-order chi connectivity index (χ0) is 23.9. The van der Waals surface area contributed by atoms with Crippen molar-refractivity contribution in [2.45, 2.75) is 13.5 Å². The van der Waals surface area contributed by atoms with Crippen molar-refractivity contribution < 1.29 is 14.3 Å². The maximum absolute atomic E-state index is 12.8. The van der Waals surface area contributed by atoms with Crippen molar-refractivity contribution in [3.05, 3.63) is 77.3 Å². The van der Waals surface area contributed by atoms with Crippen molar-refractivity contribution in [1.82, 2.24) is 9.88 Å². The highest BCUT2D eigenvalue weighted by molar-refractivity contribution is 7.14. The molecule has 3 aromatic rings. The second kappa shape index (κ2) is 11.1. The summed E-state index contributed by atoms with van der Waals surface area (Å²) in [5.74, 6) is -0.233. The number of ether oxygens (including phenoxy) is 1. The topological polar surface area (TPSA) is 66.0 Å². The molecule has 1 saturated heterocycles. The fourth-order valence-corrected chi connectivity index (χ4v) is 4.69. The van der Waals surface area contributed by atoms with E-state index in [4.69, 9.17) is 4.74 Å². The first-order valence-electron chi connectivity index (χ1n) is 11.2. The quantitative estimate of drug-likeness (QED) is 0.475. The summed E-state index contributed by atoms with van der Waals surface area (Å²) in [5, 5.41) is 2.41. The molecule has 1 aromatic heterocycles. The van der Waals surface area contributed by atoms with E-state index < -0.39 is 0 Å². The van der Waals surface area contributed by atoms with Gasteiger partial charge >= 0.3 is 0 Å². The van der Waals surface area contributed by atoms with Gasteiger partial charge in [0.2, 0.25) is 11.8 Å². The lowest BCUT2D eigenvalue weighted by molar-refractivity contribution is -0.125. The van der Waals surface area contributed by atoms with Crippen LogP contribution in [0.5, 0.6) is 0 Å². The van der Waals surface area contributed by atoms with Gasteiger partial charge < -0.3 is 14.5 Å². The van der Waals surface area contributed by atoms with Gasteiger partial charge in [0, 0.05) is 50.7 Å². The van der Waals surface area contributed by atoms with Crippen molar-refractivity contribution in [1.29, 1.82) is 0 Å². The third-order valence-corrected chi connectivity index (χ3v) is 6.40. The first-order valence-corrected chi connectivity index (χ1v) is 12.1. The highest BCUT2D eigenvalue weighted by atomic mass is 32.1. The van der Waals surface area contributed by atoms with E-state index in [1.165, 1.54) is 24.3 Å². The standard InChI is InChI=1S/C26H28N4O3S/c1-20(31)30(23-9-4-3-5-10-23)26-27-22(19-34-26)12-13-25(32)28(2)18-21-8-6-7-11-24(21)29-14-16-33-17-15-29/h3-13,19H,14-18H2,1-2H3/b13-12+. The number of benzene rings is 2. The minimum atomic E-state index is -0.120. The molecule has 1 aliphatic rings. The molecule has 0 saturated carbocycles. The highest BCUT2D eigenvalue weighted by Crippen LogP contribution is 2.29. The van der Waals surface area contributed by atoms with E-state index >= 15 is 0 Å². The summed E-state index contributed by atoms with van der Waals surface area (Å²) in [4.78, 5) is 35.1. The average molecular weight is 477 g/mol. The average Bonchev–Trinajstić information content (AvgIpc) is 3.32. The third-order valence-electron chi connectivity index (χ3n) is 5.55. The number of anilines is 3. The van der Waals surface area contributed by atoms with Crippen molar-refractivity contribution in [2.24, 2.45) is 0 Å². The summed E-state index contributed by atoms with van der Waals surface area (Å²) in [6.07, 6.45) is 3.22. The molecule has 2 amide bonds. The van der Waals surface area contributed by atoms with Crippen molar-refractivity contribution in [3.63, 3.8) is 0 Å². The largest absolute Gasteiger partial charge is 0.378 e. The van der Waals surface area contributed by atoms with Crippen LogP contribution in [0.3, 0.4) is 0 Å². The molecular formula is C26H28N4O3S. The number of aromatic nitrogens is 1. The Morgan fingerprint density at radius 2 is 1.79 bits per heavy atom. The van der Waals surface area contributed by atoms with Crippen LogP contribution in [-0.2, 0) is 20.9 Å². The fraction of sp³-hybridized carbons (Fsp3) is 0.269. The normalized spacial score (nSPS) is 13.8. The van der Waals surface area contributed by atoms with Crippen LogP contribution in [0.1, 0.15) is 18.2 Å². The minimum absolute atomic E-state index is 0.113. The molecule has 34 heavy (non-hydrogen) atoms.